The van der Waals surface area contributed by atoms with Crippen LogP contribution in [-0.4, -0.2) is 28.0 Å². The molecule has 8 heteroatoms. The standard InChI is InChI=1S/C25H19Cl3N4O/c26-17-7-5-16(6-8-17)22-23(20-10-9-18(27)14-21(20)28)30-25(32-12-1-2-13-32)31-24(22)33-19-4-3-11-29-15-19/h3-11,14-15H,1-2,12-13H2. The van der Waals surface area contributed by atoms with Crippen LogP contribution in [0.1, 0.15) is 12.8 Å². The van der Waals surface area contributed by atoms with Crippen molar-refractivity contribution in [1.29, 1.82) is 0 Å². The summed E-state index contributed by atoms with van der Waals surface area (Å²) in [5, 5.41) is 1.68. The Hall–Kier alpha value is -2.86. The molecule has 4 aromatic rings. The van der Waals surface area contributed by atoms with E-state index in [0.717, 1.165) is 37.1 Å². The van der Waals surface area contributed by atoms with Gasteiger partial charge in [-0.1, -0.05) is 46.9 Å². The lowest BCUT2D eigenvalue weighted by Crippen LogP contribution is -2.21. The van der Waals surface area contributed by atoms with Crippen molar-refractivity contribution >= 4 is 40.8 Å². The van der Waals surface area contributed by atoms with Gasteiger partial charge in [0, 0.05) is 34.9 Å². The first-order valence-corrected chi connectivity index (χ1v) is 11.7. The molecular weight excluding hydrogens is 479 g/mol. The van der Waals surface area contributed by atoms with Crippen LogP contribution in [-0.2, 0) is 0 Å². The number of rotatable bonds is 5. The van der Waals surface area contributed by atoms with Gasteiger partial charge in [0.25, 0.3) is 0 Å². The minimum absolute atomic E-state index is 0.420. The molecule has 1 fully saturated rings. The Bertz CT molecular complexity index is 1280. The summed E-state index contributed by atoms with van der Waals surface area (Å²) < 4.78 is 6.28. The van der Waals surface area contributed by atoms with Gasteiger partial charge in [0.2, 0.25) is 11.8 Å². The Kier molecular flexibility index (Phi) is 6.36. The van der Waals surface area contributed by atoms with Crippen molar-refractivity contribution < 1.29 is 4.74 Å². The number of hydrogen-bond donors (Lipinski definition) is 0. The normalized spacial score (nSPS) is 13.4. The van der Waals surface area contributed by atoms with Gasteiger partial charge in [0.05, 0.1) is 22.5 Å². The zero-order valence-corrected chi connectivity index (χ0v) is 19.8. The van der Waals surface area contributed by atoms with E-state index in [-0.39, 0.29) is 0 Å². The summed E-state index contributed by atoms with van der Waals surface area (Å²) in [5.74, 6) is 1.60. The Morgan fingerprint density at radius 3 is 2.30 bits per heavy atom. The van der Waals surface area contributed by atoms with E-state index in [1.165, 1.54) is 0 Å². The highest BCUT2D eigenvalue weighted by Crippen LogP contribution is 2.43. The molecule has 0 N–H and O–H groups in total. The van der Waals surface area contributed by atoms with Gasteiger partial charge < -0.3 is 9.64 Å². The summed E-state index contributed by atoms with van der Waals surface area (Å²) in [6.45, 7) is 1.78. The number of ether oxygens (including phenoxy) is 1. The number of pyridine rings is 1. The van der Waals surface area contributed by atoms with Gasteiger partial charge >= 0.3 is 0 Å². The van der Waals surface area contributed by atoms with Crippen LogP contribution in [0.25, 0.3) is 22.4 Å². The molecule has 0 atom stereocenters. The Morgan fingerprint density at radius 1 is 0.848 bits per heavy atom. The number of aromatic nitrogens is 3. The smallest absolute Gasteiger partial charge is 0.232 e. The van der Waals surface area contributed by atoms with Crippen molar-refractivity contribution in [2.24, 2.45) is 0 Å². The molecule has 2 aromatic carbocycles. The van der Waals surface area contributed by atoms with Crippen LogP contribution in [0, 0.1) is 0 Å². The lowest BCUT2D eigenvalue weighted by atomic mass is 10.00. The lowest BCUT2D eigenvalue weighted by molar-refractivity contribution is 0.461. The molecule has 5 rings (SSSR count). The topological polar surface area (TPSA) is 51.1 Å². The van der Waals surface area contributed by atoms with E-state index in [2.05, 4.69) is 9.88 Å². The third-order valence-corrected chi connectivity index (χ3v) is 6.22. The van der Waals surface area contributed by atoms with E-state index in [0.29, 0.717) is 43.9 Å². The van der Waals surface area contributed by atoms with Crippen LogP contribution in [0.15, 0.2) is 67.0 Å². The van der Waals surface area contributed by atoms with Crippen molar-refractivity contribution in [3.63, 3.8) is 0 Å². The maximum absolute atomic E-state index is 6.64. The van der Waals surface area contributed by atoms with Gasteiger partial charge in [-0.3, -0.25) is 4.98 Å². The Balaban J connectivity index is 1.77. The number of hydrogen-bond acceptors (Lipinski definition) is 5. The second-order valence-corrected chi connectivity index (χ2v) is 8.95. The van der Waals surface area contributed by atoms with Crippen LogP contribution >= 0.6 is 34.8 Å². The maximum Gasteiger partial charge on any atom is 0.232 e. The Morgan fingerprint density at radius 2 is 1.61 bits per heavy atom. The molecule has 1 saturated heterocycles. The molecule has 0 spiro atoms. The summed E-state index contributed by atoms with van der Waals surface area (Å²) >= 11 is 19.0. The third kappa shape index (κ3) is 4.76. The van der Waals surface area contributed by atoms with Crippen LogP contribution in [0.2, 0.25) is 15.1 Å². The highest BCUT2D eigenvalue weighted by atomic mass is 35.5. The van der Waals surface area contributed by atoms with Crippen LogP contribution < -0.4 is 9.64 Å². The van der Waals surface area contributed by atoms with Gasteiger partial charge in [0.1, 0.15) is 5.75 Å². The van der Waals surface area contributed by atoms with Gasteiger partial charge in [-0.25, -0.2) is 4.98 Å². The summed E-state index contributed by atoms with van der Waals surface area (Å²) in [6, 6.07) is 16.5. The minimum Gasteiger partial charge on any atom is -0.437 e. The molecule has 0 aliphatic carbocycles. The molecule has 1 aliphatic rings. The van der Waals surface area contributed by atoms with E-state index in [9.17, 15) is 0 Å². The monoisotopic (exact) mass is 496 g/mol. The molecule has 5 nitrogen and oxygen atoms in total. The quantitative estimate of drug-likeness (QED) is 0.285. The molecule has 3 heterocycles. The molecule has 2 aromatic heterocycles. The summed E-state index contributed by atoms with van der Waals surface area (Å²) in [7, 11) is 0. The van der Waals surface area contributed by atoms with E-state index in [1.54, 1.807) is 24.5 Å². The molecule has 0 unspecified atom stereocenters. The highest BCUT2D eigenvalue weighted by molar-refractivity contribution is 6.36. The number of nitrogens with zero attached hydrogens (tertiary/aromatic N) is 4. The van der Waals surface area contributed by atoms with Gasteiger partial charge in [-0.15, -0.1) is 0 Å². The van der Waals surface area contributed by atoms with Crippen LogP contribution in [0.3, 0.4) is 0 Å². The molecule has 0 bridgehead atoms. The van der Waals surface area contributed by atoms with E-state index < -0.39 is 0 Å². The first kappa shape index (κ1) is 22.0. The van der Waals surface area contributed by atoms with Gasteiger partial charge in [-0.2, -0.15) is 4.98 Å². The molecule has 0 saturated carbocycles. The first-order valence-electron chi connectivity index (χ1n) is 10.5. The highest BCUT2D eigenvalue weighted by Gasteiger charge is 2.25. The minimum atomic E-state index is 0.420. The number of halogens is 3. The van der Waals surface area contributed by atoms with E-state index in [4.69, 9.17) is 49.5 Å². The third-order valence-electron chi connectivity index (χ3n) is 5.42. The fourth-order valence-corrected chi connectivity index (χ4v) is 4.46. The van der Waals surface area contributed by atoms with Crippen molar-refractivity contribution in [2.45, 2.75) is 12.8 Å². The second kappa shape index (κ2) is 9.56. The molecular formula is C25H19Cl3N4O. The van der Waals surface area contributed by atoms with Crippen molar-refractivity contribution in [3.05, 3.63) is 82.1 Å². The predicted octanol–water partition coefficient (Wildman–Crippen LogP) is 7.56. The van der Waals surface area contributed by atoms with Crippen LogP contribution in [0.4, 0.5) is 5.95 Å². The van der Waals surface area contributed by atoms with E-state index in [1.807, 2.05) is 42.5 Å². The lowest BCUT2D eigenvalue weighted by Gasteiger charge is -2.21. The molecule has 33 heavy (non-hydrogen) atoms. The van der Waals surface area contributed by atoms with Crippen LogP contribution in [0.5, 0.6) is 11.6 Å². The van der Waals surface area contributed by atoms with Crippen molar-refractivity contribution in [2.75, 3.05) is 18.0 Å². The fraction of sp³-hybridized carbons (Fsp3) is 0.160. The zero-order valence-electron chi connectivity index (χ0n) is 17.5. The van der Waals surface area contributed by atoms with E-state index >= 15 is 0 Å². The van der Waals surface area contributed by atoms with Gasteiger partial charge in [0.15, 0.2) is 0 Å². The molecule has 166 valence electrons. The summed E-state index contributed by atoms with van der Waals surface area (Å²) in [5.41, 5.74) is 2.97. The largest absolute Gasteiger partial charge is 0.437 e. The average molecular weight is 498 g/mol. The zero-order chi connectivity index (χ0) is 22.8. The SMILES string of the molecule is Clc1ccc(-c2c(Oc3cccnc3)nc(N3CCCC3)nc2-c2ccc(Cl)cc2Cl)cc1. The second-order valence-electron chi connectivity index (χ2n) is 7.67. The number of benzene rings is 2. The maximum atomic E-state index is 6.64. The molecule has 1 aliphatic heterocycles. The fourth-order valence-electron chi connectivity index (χ4n) is 3.83. The van der Waals surface area contributed by atoms with Crippen molar-refractivity contribution in [3.8, 4) is 34.0 Å². The number of anilines is 1. The molecule has 0 radical (unpaired) electrons. The molecule has 0 amide bonds. The van der Waals surface area contributed by atoms with Crippen molar-refractivity contribution in [1.82, 2.24) is 15.0 Å². The average Bonchev–Trinajstić information content (AvgIpc) is 3.35. The Labute approximate surface area is 206 Å². The predicted molar refractivity (Wildman–Crippen MR) is 134 cm³/mol. The summed E-state index contributed by atoms with van der Waals surface area (Å²) in [4.78, 5) is 16.1. The summed E-state index contributed by atoms with van der Waals surface area (Å²) in [6.07, 6.45) is 5.54. The first-order chi connectivity index (χ1) is 16.1. The van der Waals surface area contributed by atoms with Gasteiger partial charge in [-0.05, 0) is 60.9 Å².